The molecule has 18 heavy (non-hydrogen) atoms. The molecular formula is C14H17NO2S. The summed E-state index contributed by atoms with van der Waals surface area (Å²) in [5.41, 5.74) is 1.47. The minimum atomic E-state index is 0.142. The summed E-state index contributed by atoms with van der Waals surface area (Å²) in [6, 6.07) is 7.64. The molecule has 0 fully saturated rings. The van der Waals surface area contributed by atoms with Crippen molar-refractivity contribution in [2.75, 3.05) is 32.1 Å². The molecule has 0 radical (unpaired) electrons. The van der Waals surface area contributed by atoms with Gasteiger partial charge in [-0.05, 0) is 20.2 Å². The Bertz CT molecular complexity index is 533. The van der Waals surface area contributed by atoms with Crippen LogP contribution in [0, 0.1) is 0 Å². The first-order valence-electron chi connectivity index (χ1n) is 5.90. The summed E-state index contributed by atoms with van der Waals surface area (Å²) in [7, 11) is 4.07. The first-order chi connectivity index (χ1) is 8.68. The zero-order chi connectivity index (χ0) is 13.0. The van der Waals surface area contributed by atoms with Crippen LogP contribution in [-0.2, 0) is 0 Å². The highest BCUT2D eigenvalue weighted by molar-refractivity contribution is 8.00. The van der Waals surface area contributed by atoms with Crippen LogP contribution in [0.25, 0.3) is 11.0 Å². The van der Waals surface area contributed by atoms with Crippen LogP contribution >= 0.6 is 11.8 Å². The molecule has 0 amide bonds. The van der Waals surface area contributed by atoms with Gasteiger partial charge >= 0.3 is 0 Å². The van der Waals surface area contributed by atoms with E-state index >= 15 is 0 Å². The van der Waals surface area contributed by atoms with Gasteiger partial charge in [-0.1, -0.05) is 18.2 Å². The zero-order valence-corrected chi connectivity index (χ0v) is 11.5. The molecule has 0 saturated heterocycles. The molecule has 0 bridgehead atoms. The van der Waals surface area contributed by atoms with E-state index in [1.165, 1.54) is 0 Å². The van der Waals surface area contributed by atoms with Crippen molar-refractivity contribution in [1.82, 2.24) is 4.90 Å². The molecule has 3 nitrogen and oxygen atoms in total. The second-order valence-electron chi connectivity index (χ2n) is 4.42. The smallest absolute Gasteiger partial charge is 0.176 e. The molecule has 0 unspecified atom stereocenters. The number of fused-ring (bicyclic) bond motifs is 1. The minimum absolute atomic E-state index is 0.142. The standard InChI is InChI=1S/C14H17NO2S/c1-15(2)7-8-18-10-13(16)12-9-17-14-6-4-3-5-11(12)14/h3-6,9H,7-8,10H2,1-2H3. The van der Waals surface area contributed by atoms with Crippen molar-refractivity contribution in [2.24, 2.45) is 0 Å². The number of thioether (sulfide) groups is 1. The first kappa shape index (κ1) is 13.2. The average molecular weight is 263 g/mol. The van der Waals surface area contributed by atoms with Crippen LogP contribution in [0.4, 0.5) is 0 Å². The summed E-state index contributed by atoms with van der Waals surface area (Å²) in [5.74, 6) is 1.62. The van der Waals surface area contributed by atoms with Crippen LogP contribution < -0.4 is 0 Å². The van der Waals surface area contributed by atoms with Crippen LogP contribution in [0.1, 0.15) is 10.4 Å². The summed E-state index contributed by atoms with van der Waals surface area (Å²) in [4.78, 5) is 14.2. The number of benzene rings is 1. The maximum absolute atomic E-state index is 12.1. The lowest BCUT2D eigenvalue weighted by Gasteiger charge is -2.07. The molecular weight excluding hydrogens is 246 g/mol. The summed E-state index contributed by atoms with van der Waals surface area (Å²) >= 11 is 1.66. The van der Waals surface area contributed by atoms with Gasteiger partial charge in [0.1, 0.15) is 11.8 Å². The predicted molar refractivity (Wildman–Crippen MR) is 76.4 cm³/mol. The van der Waals surface area contributed by atoms with E-state index < -0.39 is 0 Å². The third kappa shape index (κ3) is 3.15. The van der Waals surface area contributed by atoms with E-state index in [0.29, 0.717) is 11.3 Å². The Kier molecular flexibility index (Phi) is 4.44. The highest BCUT2D eigenvalue weighted by atomic mass is 32.2. The Morgan fingerprint density at radius 2 is 2.11 bits per heavy atom. The van der Waals surface area contributed by atoms with Gasteiger partial charge in [0.15, 0.2) is 5.78 Å². The number of ketones is 1. The molecule has 0 N–H and O–H groups in total. The maximum atomic E-state index is 12.1. The number of rotatable bonds is 6. The van der Waals surface area contributed by atoms with E-state index in [9.17, 15) is 4.79 Å². The van der Waals surface area contributed by atoms with Crippen LogP contribution in [-0.4, -0.2) is 42.8 Å². The van der Waals surface area contributed by atoms with Gasteiger partial charge in [-0.15, -0.1) is 0 Å². The van der Waals surface area contributed by atoms with Crippen molar-refractivity contribution in [1.29, 1.82) is 0 Å². The normalized spacial score (nSPS) is 11.3. The van der Waals surface area contributed by atoms with Crippen molar-refractivity contribution in [2.45, 2.75) is 0 Å². The number of nitrogens with zero attached hydrogens (tertiary/aromatic N) is 1. The number of hydrogen-bond acceptors (Lipinski definition) is 4. The predicted octanol–water partition coefficient (Wildman–Crippen LogP) is 2.91. The van der Waals surface area contributed by atoms with E-state index in [4.69, 9.17) is 4.42 Å². The Balaban J connectivity index is 1.97. The van der Waals surface area contributed by atoms with Gasteiger partial charge in [0, 0.05) is 17.7 Å². The summed E-state index contributed by atoms with van der Waals surface area (Å²) in [6.45, 7) is 0.990. The Morgan fingerprint density at radius 1 is 1.33 bits per heavy atom. The van der Waals surface area contributed by atoms with Gasteiger partial charge in [0.05, 0.1) is 11.3 Å². The second-order valence-corrected chi connectivity index (χ2v) is 5.53. The quantitative estimate of drug-likeness (QED) is 0.592. The van der Waals surface area contributed by atoms with E-state index in [2.05, 4.69) is 4.90 Å². The van der Waals surface area contributed by atoms with Gasteiger partial charge in [-0.2, -0.15) is 11.8 Å². The number of carbonyl (C=O) groups is 1. The molecule has 4 heteroatoms. The highest BCUT2D eigenvalue weighted by Crippen LogP contribution is 2.22. The maximum Gasteiger partial charge on any atom is 0.176 e. The van der Waals surface area contributed by atoms with Crippen molar-refractivity contribution >= 4 is 28.5 Å². The van der Waals surface area contributed by atoms with E-state index in [-0.39, 0.29) is 5.78 Å². The van der Waals surface area contributed by atoms with Crippen molar-refractivity contribution in [3.05, 3.63) is 36.1 Å². The number of carbonyl (C=O) groups excluding carboxylic acids is 1. The summed E-state index contributed by atoms with van der Waals surface area (Å²) in [5, 5.41) is 0.913. The van der Waals surface area contributed by atoms with Gasteiger partial charge in [-0.25, -0.2) is 0 Å². The SMILES string of the molecule is CN(C)CCSCC(=O)c1coc2ccccc12. The Hall–Kier alpha value is -1.26. The molecule has 1 heterocycles. The fourth-order valence-corrected chi connectivity index (χ4v) is 2.66. The molecule has 0 saturated carbocycles. The van der Waals surface area contributed by atoms with Gasteiger partial charge in [0.25, 0.3) is 0 Å². The molecule has 0 aliphatic carbocycles. The number of hydrogen-bond donors (Lipinski definition) is 0. The second kappa shape index (κ2) is 6.07. The monoisotopic (exact) mass is 263 g/mol. The van der Waals surface area contributed by atoms with Crippen LogP contribution in [0.2, 0.25) is 0 Å². The van der Waals surface area contributed by atoms with Crippen molar-refractivity contribution < 1.29 is 9.21 Å². The average Bonchev–Trinajstić information content (AvgIpc) is 2.78. The highest BCUT2D eigenvalue weighted by Gasteiger charge is 2.12. The first-order valence-corrected chi connectivity index (χ1v) is 7.06. The van der Waals surface area contributed by atoms with Crippen LogP contribution in [0.15, 0.2) is 34.9 Å². The fraction of sp³-hybridized carbons (Fsp3) is 0.357. The molecule has 1 aromatic carbocycles. The molecule has 0 spiro atoms. The molecule has 2 aromatic rings. The zero-order valence-electron chi connectivity index (χ0n) is 10.7. The number of para-hydroxylation sites is 1. The van der Waals surface area contributed by atoms with Gasteiger partial charge in [0.2, 0.25) is 0 Å². The third-order valence-electron chi connectivity index (χ3n) is 2.70. The number of furan rings is 1. The topological polar surface area (TPSA) is 33.5 Å². The molecule has 0 aliphatic heterocycles. The number of Topliss-reactive ketones (excluding diaryl/α,β-unsaturated/α-hetero) is 1. The van der Waals surface area contributed by atoms with Gasteiger partial charge in [-0.3, -0.25) is 4.79 Å². The Labute approximate surface area is 111 Å². The summed E-state index contributed by atoms with van der Waals surface area (Å²) < 4.78 is 5.38. The molecule has 2 rings (SSSR count). The fourth-order valence-electron chi connectivity index (χ4n) is 1.68. The van der Waals surface area contributed by atoms with Crippen molar-refractivity contribution in [3.8, 4) is 0 Å². The minimum Gasteiger partial charge on any atom is -0.464 e. The van der Waals surface area contributed by atoms with Crippen LogP contribution in [0.3, 0.4) is 0 Å². The van der Waals surface area contributed by atoms with Gasteiger partial charge < -0.3 is 9.32 Å². The molecule has 0 atom stereocenters. The van der Waals surface area contributed by atoms with Crippen molar-refractivity contribution in [3.63, 3.8) is 0 Å². The Morgan fingerprint density at radius 3 is 2.89 bits per heavy atom. The molecule has 0 aliphatic rings. The lowest BCUT2D eigenvalue weighted by molar-refractivity contribution is 0.102. The van der Waals surface area contributed by atoms with E-state index in [1.807, 2.05) is 38.4 Å². The van der Waals surface area contributed by atoms with E-state index in [1.54, 1.807) is 18.0 Å². The van der Waals surface area contributed by atoms with E-state index in [0.717, 1.165) is 23.3 Å². The lowest BCUT2D eigenvalue weighted by atomic mass is 10.1. The third-order valence-corrected chi connectivity index (χ3v) is 3.63. The summed E-state index contributed by atoms with van der Waals surface area (Å²) in [6.07, 6.45) is 1.57. The lowest BCUT2D eigenvalue weighted by Crippen LogP contribution is -2.15. The molecule has 1 aromatic heterocycles. The largest absolute Gasteiger partial charge is 0.464 e. The van der Waals surface area contributed by atoms with Crippen LogP contribution in [0.5, 0.6) is 0 Å². The molecule has 96 valence electrons.